The molecule has 1 N–H and O–H groups in total. The lowest BCUT2D eigenvalue weighted by molar-refractivity contribution is -0.138. The van der Waals surface area contributed by atoms with Gasteiger partial charge in [0.1, 0.15) is 5.75 Å². The van der Waals surface area contributed by atoms with Crippen LogP contribution in [0.2, 0.25) is 0 Å². The van der Waals surface area contributed by atoms with E-state index in [1.165, 1.54) is 12.1 Å². The van der Waals surface area contributed by atoms with Crippen molar-refractivity contribution in [2.24, 2.45) is 11.8 Å². The van der Waals surface area contributed by atoms with Crippen LogP contribution in [-0.2, 0) is 9.59 Å². The molecule has 0 unspecified atom stereocenters. The second-order valence-electron chi connectivity index (χ2n) is 8.05. The number of carbonyl (C=O) groups excluding carboxylic acids is 2. The van der Waals surface area contributed by atoms with Crippen LogP contribution in [0.5, 0.6) is 5.75 Å². The smallest absolute Gasteiger partial charge is 0.387 e. The molecule has 7 heteroatoms. The molecule has 5 nitrogen and oxygen atoms in total. The molecule has 0 radical (unpaired) electrons. The fourth-order valence-electron chi connectivity index (χ4n) is 3.83. The zero-order valence-corrected chi connectivity index (χ0v) is 17.8. The molecule has 1 aliphatic rings. The number of benzene rings is 2. The van der Waals surface area contributed by atoms with Crippen LogP contribution in [0.15, 0.2) is 54.6 Å². The lowest BCUT2D eigenvalue weighted by Crippen LogP contribution is -2.45. The summed E-state index contributed by atoms with van der Waals surface area (Å²) in [5, 5.41) is 3.12. The Kier molecular flexibility index (Phi) is 7.60. The van der Waals surface area contributed by atoms with E-state index in [4.69, 9.17) is 0 Å². The molecular formula is C24H28F2N2O3. The Balaban J connectivity index is 1.71. The minimum Gasteiger partial charge on any atom is -0.435 e. The van der Waals surface area contributed by atoms with Crippen LogP contribution in [0.3, 0.4) is 0 Å². The van der Waals surface area contributed by atoms with Gasteiger partial charge in [0, 0.05) is 24.9 Å². The minimum atomic E-state index is -2.89. The number of halogens is 2. The summed E-state index contributed by atoms with van der Waals surface area (Å²) in [4.78, 5) is 27.0. The van der Waals surface area contributed by atoms with Gasteiger partial charge >= 0.3 is 6.61 Å². The van der Waals surface area contributed by atoms with Gasteiger partial charge < -0.3 is 15.0 Å². The molecule has 0 bridgehead atoms. The Hall–Kier alpha value is -2.96. The van der Waals surface area contributed by atoms with Crippen molar-refractivity contribution in [3.8, 4) is 5.75 Å². The number of rotatable bonds is 7. The van der Waals surface area contributed by atoms with Gasteiger partial charge in [-0.15, -0.1) is 0 Å². The van der Waals surface area contributed by atoms with E-state index in [0.29, 0.717) is 25.9 Å². The van der Waals surface area contributed by atoms with Crippen LogP contribution in [0.25, 0.3) is 0 Å². The van der Waals surface area contributed by atoms with Crippen LogP contribution in [0.1, 0.15) is 43.9 Å². The molecule has 2 aromatic rings. The fraction of sp³-hybridized carbons (Fsp3) is 0.417. The SMILES string of the molecule is CC(C)C(=O)N1CCC(C(=O)N[C@H](c2ccccc2)c2ccc(OC(F)F)cc2)CC1. The van der Waals surface area contributed by atoms with Gasteiger partial charge in [0.15, 0.2) is 0 Å². The molecule has 1 heterocycles. The van der Waals surface area contributed by atoms with Crippen molar-refractivity contribution >= 4 is 11.8 Å². The molecular weight excluding hydrogens is 402 g/mol. The Morgan fingerprint density at radius 1 is 0.968 bits per heavy atom. The number of nitrogens with zero attached hydrogens (tertiary/aromatic N) is 1. The Morgan fingerprint density at radius 2 is 1.55 bits per heavy atom. The van der Waals surface area contributed by atoms with E-state index in [-0.39, 0.29) is 29.4 Å². The first-order valence-corrected chi connectivity index (χ1v) is 10.5. The Labute approximate surface area is 181 Å². The van der Waals surface area contributed by atoms with E-state index in [9.17, 15) is 18.4 Å². The van der Waals surface area contributed by atoms with Crippen molar-refractivity contribution in [2.75, 3.05) is 13.1 Å². The van der Waals surface area contributed by atoms with E-state index in [2.05, 4.69) is 10.1 Å². The molecule has 1 atom stereocenters. The average molecular weight is 430 g/mol. The van der Waals surface area contributed by atoms with Gasteiger partial charge in [0.2, 0.25) is 11.8 Å². The number of likely N-dealkylation sites (tertiary alicyclic amines) is 1. The van der Waals surface area contributed by atoms with Crippen molar-refractivity contribution in [1.29, 1.82) is 0 Å². The zero-order chi connectivity index (χ0) is 22.4. The summed E-state index contributed by atoms with van der Waals surface area (Å²) in [6.45, 7) is 2.02. The number of hydrogen-bond acceptors (Lipinski definition) is 3. The lowest BCUT2D eigenvalue weighted by Gasteiger charge is -2.33. The van der Waals surface area contributed by atoms with Gasteiger partial charge in [-0.2, -0.15) is 8.78 Å². The summed E-state index contributed by atoms with van der Waals surface area (Å²) >= 11 is 0. The van der Waals surface area contributed by atoms with E-state index >= 15 is 0 Å². The van der Waals surface area contributed by atoms with Crippen molar-refractivity contribution in [1.82, 2.24) is 10.2 Å². The molecule has 166 valence electrons. The molecule has 3 rings (SSSR count). The second-order valence-corrected chi connectivity index (χ2v) is 8.05. The molecule has 0 saturated carbocycles. The Bertz CT molecular complexity index is 864. The minimum absolute atomic E-state index is 0.0511. The van der Waals surface area contributed by atoms with Crippen LogP contribution in [0.4, 0.5) is 8.78 Å². The highest BCUT2D eigenvalue weighted by Gasteiger charge is 2.29. The third kappa shape index (κ3) is 6.03. The number of nitrogens with one attached hydrogen (secondary N) is 1. The van der Waals surface area contributed by atoms with E-state index in [1.54, 1.807) is 12.1 Å². The summed E-state index contributed by atoms with van der Waals surface area (Å²) < 4.78 is 29.3. The highest BCUT2D eigenvalue weighted by atomic mass is 19.3. The predicted molar refractivity (Wildman–Crippen MR) is 114 cm³/mol. The highest BCUT2D eigenvalue weighted by molar-refractivity contribution is 5.81. The zero-order valence-electron chi connectivity index (χ0n) is 17.8. The quantitative estimate of drug-likeness (QED) is 0.709. The van der Waals surface area contributed by atoms with Crippen LogP contribution < -0.4 is 10.1 Å². The number of piperidine rings is 1. The maximum atomic E-state index is 13.0. The van der Waals surface area contributed by atoms with Crippen molar-refractivity contribution < 1.29 is 23.1 Å². The first-order valence-electron chi connectivity index (χ1n) is 10.5. The first-order chi connectivity index (χ1) is 14.8. The van der Waals surface area contributed by atoms with E-state index in [0.717, 1.165) is 11.1 Å². The largest absolute Gasteiger partial charge is 0.435 e. The molecule has 0 aliphatic carbocycles. The standard InChI is InChI=1S/C24H28F2N2O3/c1-16(2)23(30)28-14-12-19(13-15-28)22(29)27-21(17-6-4-3-5-7-17)18-8-10-20(11-9-18)31-24(25)26/h3-11,16,19,21,24H,12-15H2,1-2H3,(H,27,29)/t21-/m1/s1. The molecule has 0 aromatic heterocycles. The fourth-order valence-corrected chi connectivity index (χ4v) is 3.83. The van der Waals surface area contributed by atoms with Crippen LogP contribution >= 0.6 is 0 Å². The molecule has 1 fully saturated rings. The van der Waals surface area contributed by atoms with Crippen molar-refractivity contribution in [3.63, 3.8) is 0 Å². The lowest BCUT2D eigenvalue weighted by atomic mass is 9.93. The molecule has 1 saturated heterocycles. The number of amides is 2. The maximum absolute atomic E-state index is 13.0. The molecule has 0 spiro atoms. The molecule has 1 aliphatic heterocycles. The van der Waals surface area contributed by atoms with Gasteiger partial charge in [-0.1, -0.05) is 56.3 Å². The van der Waals surface area contributed by atoms with Gasteiger partial charge in [0.05, 0.1) is 6.04 Å². The topological polar surface area (TPSA) is 58.6 Å². The predicted octanol–water partition coefficient (Wildman–Crippen LogP) is 4.39. The molecule has 2 aromatic carbocycles. The molecule has 2 amide bonds. The average Bonchev–Trinajstić information content (AvgIpc) is 2.77. The normalized spacial score (nSPS) is 15.7. The first kappa shape index (κ1) is 22.7. The van der Waals surface area contributed by atoms with E-state index in [1.807, 2.05) is 49.1 Å². The Morgan fingerprint density at radius 3 is 2.10 bits per heavy atom. The number of alkyl halides is 2. The van der Waals surface area contributed by atoms with Crippen molar-refractivity contribution in [3.05, 3.63) is 65.7 Å². The number of hydrogen-bond donors (Lipinski definition) is 1. The second kappa shape index (κ2) is 10.4. The number of ether oxygens (including phenoxy) is 1. The number of carbonyl (C=O) groups is 2. The van der Waals surface area contributed by atoms with Gasteiger partial charge in [-0.3, -0.25) is 9.59 Å². The summed E-state index contributed by atoms with van der Waals surface area (Å²) in [5.41, 5.74) is 1.67. The van der Waals surface area contributed by atoms with Crippen molar-refractivity contribution in [2.45, 2.75) is 39.3 Å². The van der Waals surface area contributed by atoms with Crippen LogP contribution in [0, 0.1) is 11.8 Å². The highest BCUT2D eigenvalue weighted by Crippen LogP contribution is 2.27. The molecule has 31 heavy (non-hydrogen) atoms. The summed E-state index contributed by atoms with van der Waals surface area (Å²) in [6, 6.07) is 15.4. The van der Waals surface area contributed by atoms with Crippen LogP contribution in [-0.4, -0.2) is 36.4 Å². The van der Waals surface area contributed by atoms with E-state index < -0.39 is 12.7 Å². The summed E-state index contributed by atoms with van der Waals surface area (Å²) in [6.07, 6.45) is 1.24. The monoisotopic (exact) mass is 430 g/mol. The van der Waals surface area contributed by atoms with Gasteiger partial charge in [0.25, 0.3) is 0 Å². The maximum Gasteiger partial charge on any atom is 0.387 e. The van der Waals surface area contributed by atoms with Gasteiger partial charge in [-0.05, 0) is 36.1 Å². The third-order valence-corrected chi connectivity index (χ3v) is 5.53. The third-order valence-electron chi connectivity index (χ3n) is 5.53. The van der Waals surface area contributed by atoms with Gasteiger partial charge in [-0.25, -0.2) is 0 Å². The summed E-state index contributed by atoms with van der Waals surface area (Å²) in [5.74, 6) is -0.113. The summed E-state index contributed by atoms with van der Waals surface area (Å²) in [7, 11) is 0.